The zero-order valence-corrected chi connectivity index (χ0v) is 11.3. The number of amides is 1. The van der Waals surface area contributed by atoms with Crippen molar-refractivity contribution in [2.45, 2.75) is 25.9 Å². The van der Waals surface area contributed by atoms with Gasteiger partial charge in [-0.05, 0) is 13.3 Å². The molecule has 1 heterocycles. The lowest BCUT2D eigenvalue weighted by Gasteiger charge is -2.21. The summed E-state index contributed by atoms with van der Waals surface area (Å²) in [6.07, 6.45) is 1.43. The van der Waals surface area contributed by atoms with Crippen LogP contribution in [0.1, 0.15) is 30.6 Å². The van der Waals surface area contributed by atoms with Crippen LogP contribution in [0.3, 0.4) is 0 Å². The summed E-state index contributed by atoms with van der Waals surface area (Å²) in [5.74, 6) is -0.616. The molecule has 2 N–H and O–H groups in total. The lowest BCUT2D eigenvalue weighted by molar-refractivity contribution is -0.385. The van der Waals surface area contributed by atoms with Crippen molar-refractivity contribution in [3.05, 3.63) is 33.1 Å². The number of carbonyl (C=O) groups is 1. The molecule has 0 aliphatic carbocycles. The molecule has 0 radical (unpaired) electrons. The number of nitro groups is 1. The van der Waals surface area contributed by atoms with E-state index in [4.69, 9.17) is 11.6 Å². The smallest absolute Gasteiger partial charge is 0.288 e. The highest BCUT2D eigenvalue weighted by molar-refractivity contribution is 6.32. The van der Waals surface area contributed by atoms with Crippen LogP contribution >= 0.6 is 11.6 Å². The zero-order chi connectivity index (χ0) is 14.6. The molecule has 0 aromatic carbocycles. The number of pyridine rings is 1. The molecule has 0 bridgehead atoms. The quantitative estimate of drug-likeness (QED) is 0.485. The van der Waals surface area contributed by atoms with Crippen LogP contribution in [0.15, 0.2) is 12.3 Å². The van der Waals surface area contributed by atoms with Crippen molar-refractivity contribution in [2.75, 3.05) is 6.54 Å². The van der Waals surface area contributed by atoms with Gasteiger partial charge in [-0.15, -0.1) is 0 Å². The topological polar surface area (TPSA) is 105 Å². The Morgan fingerprint density at radius 2 is 2.32 bits per heavy atom. The third-order valence-electron chi connectivity index (χ3n) is 2.67. The van der Waals surface area contributed by atoms with Crippen LogP contribution in [-0.4, -0.2) is 33.1 Å². The largest absolute Gasteiger partial charge is 0.388 e. The maximum atomic E-state index is 11.8. The Morgan fingerprint density at radius 1 is 1.68 bits per heavy atom. The molecule has 1 unspecified atom stereocenters. The fraction of sp³-hybridized carbons (Fsp3) is 0.455. The van der Waals surface area contributed by atoms with Gasteiger partial charge in [-0.3, -0.25) is 14.9 Å². The fourth-order valence-corrected chi connectivity index (χ4v) is 1.38. The second-order valence-corrected chi connectivity index (χ2v) is 4.68. The minimum atomic E-state index is -1.05. The Morgan fingerprint density at radius 3 is 2.84 bits per heavy atom. The van der Waals surface area contributed by atoms with Crippen molar-refractivity contribution in [3.8, 4) is 0 Å². The van der Waals surface area contributed by atoms with E-state index in [-0.39, 0.29) is 22.9 Å². The molecule has 0 aliphatic rings. The minimum absolute atomic E-state index is 0.0152. The lowest BCUT2D eigenvalue weighted by Crippen LogP contribution is -2.40. The summed E-state index contributed by atoms with van der Waals surface area (Å²) in [4.78, 5) is 25.4. The van der Waals surface area contributed by atoms with Gasteiger partial charge in [0, 0.05) is 12.6 Å². The summed E-state index contributed by atoms with van der Waals surface area (Å²) < 4.78 is 0. The monoisotopic (exact) mass is 287 g/mol. The standard InChI is InChI=1S/C11H14ClN3O4/c1-3-11(2,17)6-14-10(16)8-4-7(15(18)19)5-13-9(8)12/h4-5,17H,3,6H2,1-2H3,(H,14,16). The van der Waals surface area contributed by atoms with Gasteiger partial charge in [0.1, 0.15) is 11.3 Å². The molecule has 19 heavy (non-hydrogen) atoms. The van der Waals surface area contributed by atoms with Gasteiger partial charge in [-0.25, -0.2) is 4.98 Å². The highest BCUT2D eigenvalue weighted by atomic mass is 35.5. The van der Waals surface area contributed by atoms with Gasteiger partial charge in [0.2, 0.25) is 0 Å². The Balaban J connectivity index is 2.88. The Hall–Kier alpha value is -1.73. The van der Waals surface area contributed by atoms with Crippen LogP contribution in [0.25, 0.3) is 0 Å². The van der Waals surface area contributed by atoms with Gasteiger partial charge < -0.3 is 10.4 Å². The maximum Gasteiger partial charge on any atom is 0.288 e. The number of hydrogen-bond acceptors (Lipinski definition) is 5. The van der Waals surface area contributed by atoms with E-state index in [1.165, 1.54) is 0 Å². The van der Waals surface area contributed by atoms with Gasteiger partial charge in [-0.1, -0.05) is 18.5 Å². The first-order valence-corrected chi connectivity index (χ1v) is 5.95. The van der Waals surface area contributed by atoms with E-state index in [0.717, 1.165) is 12.3 Å². The van der Waals surface area contributed by atoms with Gasteiger partial charge >= 0.3 is 0 Å². The predicted octanol–water partition coefficient (Wildman–Crippen LogP) is 1.53. The number of carbonyl (C=O) groups excluding carboxylic acids is 1. The average Bonchev–Trinajstić information content (AvgIpc) is 2.36. The second-order valence-electron chi connectivity index (χ2n) is 4.32. The third kappa shape index (κ3) is 4.15. The van der Waals surface area contributed by atoms with Crippen molar-refractivity contribution in [1.29, 1.82) is 0 Å². The van der Waals surface area contributed by atoms with Crippen LogP contribution in [0, 0.1) is 10.1 Å². The molecule has 1 aromatic heterocycles. The molecule has 0 saturated carbocycles. The molecule has 7 nitrogen and oxygen atoms in total. The van der Waals surface area contributed by atoms with Gasteiger partial charge in [-0.2, -0.15) is 0 Å². The highest BCUT2D eigenvalue weighted by Crippen LogP contribution is 2.19. The zero-order valence-electron chi connectivity index (χ0n) is 10.5. The van der Waals surface area contributed by atoms with Gasteiger partial charge in [0.25, 0.3) is 11.6 Å². The molecule has 1 rings (SSSR count). The Bertz CT molecular complexity index is 505. The first kappa shape index (κ1) is 15.3. The molecule has 0 fully saturated rings. The molecule has 8 heteroatoms. The molecule has 104 valence electrons. The van der Waals surface area contributed by atoms with Crippen molar-refractivity contribution in [3.63, 3.8) is 0 Å². The number of aromatic nitrogens is 1. The number of aliphatic hydroxyl groups is 1. The van der Waals surface area contributed by atoms with Gasteiger partial charge in [0.15, 0.2) is 0 Å². The van der Waals surface area contributed by atoms with Crippen LogP contribution in [-0.2, 0) is 0 Å². The first-order chi connectivity index (χ1) is 8.76. The number of hydrogen-bond donors (Lipinski definition) is 2. The normalized spacial score (nSPS) is 13.7. The fourth-order valence-electron chi connectivity index (χ4n) is 1.19. The number of halogens is 1. The third-order valence-corrected chi connectivity index (χ3v) is 2.97. The van der Waals surface area contributed by atoms with E-state index in [1.807, 2.05) is 0 Å². The predicted molar refractivity (Wildman–Crippen MR) is 69.1 cm³/mol. The van der Waals surface area contributed by atoms with Gasteiger partial charge in [0.05, 0.1) is 16.1 Å². The number of rotatable bonds is 5. The van der Waals surface area contributed by atoms with Crippen LogP contribution in [0.5, 0.6) is 0 Å². The van der Waals surface area contributed by atoms with Crippen LogP contribution in [0.2, 0.25) is 5.15 Å². The summed E-state index contributed by atoms with van der Waals surface area (Å²) >= 11 is 5.72. The summed E-state index contributed by atoms with van der Waals surface area (Å²) in [5, 5.41) is 22.7. The van der Waals surface area contributed by atoms with Crippen molar-refractivity contribution in [2.24, 2.45) is 0 Å². The minimum Gasteiger partial charge on any atom is -0.388 e. The summed E-state index contributed by atoms with van der Waals surface area (Å²) in [6, 6.07) is 1.05. The van der Waals surface area contributed by atoms with Crippen LogP contribution in [0.4, 0.5) is 5.69 Å². The molecule has 1 amide bonds. The Kier molecular flexibility index (Phi) is 4.79. The molecular weight excluding hydrogens is 274 g/mol. The lowest BCUT2D eigenvalue weighted by atomic mass is 10.0. The van der Waals surface area contributed by atoms with Crippen molar-refractivity contribution < 1.29 is 14.8 Å². The molecule has 0 saturated heterocycles. The van der Waals surface area contributed by atoms with E-state index in [1.54, 1.807) is 13.8 Å². The van der Waals surface area contributed by atoms with Crippen molar-refractivity contribution >= 4 is 23.2 Å². The summed E-state index contributed by atoms with van der Waals surface area (Å²) in [5.41, 5.74) is -1.46. The molecule has 1 atom stereocenters. The van der Waals surface area contributed by atoms with E-state index >= 15 is 0 Å². The summed E-state index contributed by atoms with van der Waals surface area (Å²) in [7, 11) is 0. The second kappa shape index (κ2) is 5.94. The molecular formula is C11H14ClN3O4. The van der Waals surface area contributed by atoms with E-state index in [0.29, 0.717) is 6.42 Å². The highest BCUT2D eigenvalue weighted by Gasteiger charge is 2.21. The Labute approximate surface area is 114 Å². The summed E-state index contributed by atoms with van der Waals surface area (Å²) in [6.45, 7) is 3.36. The van der Waals surface area contributed by atoms with Crippen LogP contribution < -0.4 is 5.32 Å². The number of nitrogens with one attached hydrogen (secondary N) is 1. The molecule has 0 aliphatic heterocycles. The molecule has 1 aromatic rings. The average molecular weight is 288 g/mol. The van der Waals surface area contributed by atoms with Crippen molar-refractivity contribution in [1.82, 2.24) is 10.3 Å². The SMILES string of the molecule is CCC(C)(O)CNC(=O)c1cc([N+](=O)[O-])cnc1Cl. The first-order valence-electron chi connectivity index (χ1n) is 5.57. The molecule has 0 spiro atoms. The van der Waals surface area contributed by atoms with E-state index < -0.39 is 16.4 Å². The van der Waals surface area contributed by atoms with E-state index in [2.05, 4.69) is 10.3 Å². The number of nitrogens with zero attached hydrogens (tertiary/aromatic N) is 2. The van der Waals surface area contributed by atoms with E-state index in [9.17, 15) is 20.0 Å². The maximum absolute atomic E-state index is 11.8.